The Bertz CT molecular complexity index is 923. The molecule has 1 aliphatic rings. The summed E-state index contributed by atoms with van der Waals surface area (Å²) in [5, 5.41) is 0.680. The maximum Gasteiger partial charge on any atom is 0.233 e. The lowest BCUT2D eigenvalue weighted by molar-refractivity contribution is -0.128. The molecule has 0 saturated carbocycles. The maximum atomic E-state index is 13.0. The van der Waals surface area contributed by atoms with Crippen LogP contribution in [0.1, 0.15) is 0 Å². The van der Waals surface area contributed by atoms with Gasteiger partial charge in [0.25, 0.3) is 0 Å². The van der Waals surface area contributed by atoms with Crippen LogP contribution in [0, 0.1) is 5.82 Å². The van der Waals surface area contributed by atoms with Gasteiger partial charge in [-0.2, -0.15) is 0 Å². The molecule has 144 valence electrons. The normalized spacial score (nSPS) is 14.3. The number of H-pyrrole nitrogens is 1. The number of aromatic amines is 1. The van der Waals surface area contributed by atoms with Crippen LogP contribution in [0.3, 0.4) is 0 Å². The van der Waals surface area contributed by atoms with Crippen LogP contribution in [-0.2, 0) is 4.79 Å². The van der Waals surface area contributed by atoms with Crippen LogP contribution in [0.4, 0.5) is 10.2 Å². The fourth-order valence-electron chi connectivity index (χ4n) is 3.10. The van der Waals surface area contributed by atoms with Gasteiger partial charge in [0.2, 0.25) is 5.91 Å². The first kappa shape index (κ1) is 18.5. The third-order valence-electron chi connectivity index (χ3n) is 4.65. The Labute approximate surface area is 166 Å². The number of hydrogen-bond donors (Lipinski definition) is 1. The van der Waals surface area contributed by atoms with Crippen molar-refractivity contribution < 1.29 is 9.18 Å². The van der Waals surface area contributed by atoms with Gasteiger partial charge in [0.15, 0.2) is 5.16 Å². The fraction of sp³-hybridized carbons (Fsp3) is 0.250. The lowest BCUT2D eigenvalue weighted by Gasteiger charge is -2.35. The second kappa shape index (κ2) is 8.43. The second-order valence-electron chi connectivity index (χ2n) is 6.45. The van der Waals surface area contributed by atoms with E-state index in [9.17, 15) is 9.18 Å². The van der Waals surface area contributed by atoms with Crippen molar-refractivity contribution in [1.29, 1.82) is 0 Å². The highest BCUT2D eigenvalue weighted by Crippen LogP contribution is 2.22. The van der Waals surface area contributed by atoms with Crippen LogP contribution in [0.25, 0.3) is 11.3 Å². The van der Waals surface area contributed by atoms with Crippen molar-refractivity contribution in [3.05, 3.63) is 60.7 Å². The van der Waals surface area contributed by atoms with Gasteiger partial charge in [-0.1, -0.05) is 17.8 Å². The molecule has 0 atom stereocenters. The molecule has 4 rings (SSSR count). The minimum atomic E-state index is -0.272. The number of rotatable bonds is 5. The number of nitrogens with zero attached hydrogens (tertiary/aromatic N) is 4. The zero-order chi connectivity index (χ0) is 19.3. The Hall–Kier alpha value is -2.87. The number of nitrogens with one attached hydrogen (secondary N) is 1. The first-order valence-corrected chi connectivity index (χ1v) is 10.0. The minimum Gasteiger partial charge on any atom is -0.353 e. The molecule has 0 spiro atoms. The van der Waals surface area contributed by atoms with E-state index in [4.69, 9.17) is 0 Å². The van der Waals surface area contributed by atoms with E-state index in [-0.39, 0.29) is 11.7 Å². The zero-order valence-electron chi connectivity index (χ0n) is 15.2. The number of pyridine rings is 1. The number of amides is 1. The molecule has 0 bridgehead atoms. The molecule has 0 unspecified atom stereocenters. The van der Waals surface area contributed by atoms with Crippen molar-refractivity contribution in [3.63, 3.8) is 0 Å². The van der Waals surface area contributed by atoms with Gasteiger partial charge in [0.1, 0.15) is 11.6 Å². The van der Waals surface area contributed by atoms with Gasteiger partial charge in [0, 0.05) is 32.4 Å². The van der Waals surface area contributed by atoms with E-state index in [1.165, 1.54) is 23.9 Å². The van der Waals surface area contributed by atoms with Gasteiger partial charge >= 0.3 is 0 Å². The Kier molecular flexibility index (Phi) is 5.57. The van der Waals surface area contributed by atoms with Crippen LogP contribution in [0.5, 0.6) is 0 Å². The molecule has 1 saturated heterocycles. The van der Waals surface area contributed by atoms with E-state index >= 15 is 0 Å². The average molecular weight is 397 g/mol. The van der Waals surface area contributed by atoms with E-state index in [2.05, 4.69) is 19.9 Å². The predicted molar refractivity (Wildman–Crippen MR) is 108 cm³/mol. The lowest BCUT2D eigenvalue weighted by Crippen LogP contribution is -2.49. The molecule has 1 aromatic carbocycles. The number of benzene rings is 1. The molecule has 1 fully saturated rings. The smallest absolute Gasteiger partial charge is 0.233 e. The van der Waals surface area contributed by atoms with Crippen LogP contribution >= 0.6 is 11.8 Å². The number of imidazole rings is 1. The summed E-state index contributed by atoms with van der Waals surface area (Å²) in [6, 6.07) is 12.1. The highest BCUT2D eigenvalue weighted by molar-refractivity contribution is 7.99. The fourth-order valence-corrected chi connectivity index (χ4v) is 3.85. The number of piperazine rings is 1. The third-order valence-corrected chi connectivity index (χ3v) is 5.52. The molecule has 1 N–H and O–H groups in total. The van der Waals surface area contributed by atoms with Crippen molar-refractivity contribution in [3.8, 4) is 11.3 Å². The van der Waals surface area contributed by atoms with E-state index in [1.54, 1.807) is 24.5 Å². The first-order chi connectivity index (χ1) is 13.7. The molecule has 1 aliphatic heterocycles. The molecule has 3 aromatic rings. The lowest BCUT2D eigenvalue weighted by atomic mass is 10.2. The number of thioether (sulfide) groups is 1. The summed E-state index contributed by atoms with van der Waals surface area (Å²) in [6.07, 6.45) is 3.48. The standard InChI is InChI=1S/C20H20FN5OS/c21-16-6-4-15(5-7-16)17-13-23-20(24-17)28-14-19(27)26-11-9-25(10-12-26)18-3-1-2-8-22-18/h1-8,13H,9-12,14H2,(H,23,24). The van der Waals surface area contributed by atoms with Gasteiger partial charge in [-0.05, 0) is 42.0 Å². The molecule has 1 amide bonds. The first-order valence-electron chi connectivity index (χ1n) is 9.06. The minimum absolute atomic E-state index is 0.102. The quantitative estimate of drug-likeness (QED) is 0.671. The van der Waals surface area contributed by atoms with Crippen LogP contribution < -0.4 is 4.90 Å². The van der Waals surface area contributed by atoms with Crippen LogP contribution in [0.2, 0.25) is 0 Å². The van der Waals surface area contributed by atoms with Gasteiger partial charge in [0.05, 0.1) is 17.6 Å². The highest BCUT2D eigenvalue weighted by atomic mass is 32.2. The van der Waals surface area contributed by atoms with Crippen molar-refractivity contribution in [1.82, 2.24) is 19.9 Å². The number of carbonyl (C=O) groups excluding carboxylic acids is 1. The SMILES string of the molecule is O=C(CSc1ncc(-c2ccc(F)cc2)[nH]1)N1CCN(c2ccccn2)CC1. The van der Waals surface area contributed by atoms with Gasteiger partial charge in [-0.3, -0.25) is 4.79 Å². The summed E-state index contributed by atoms with van der Waals surface area (Å²) in [7, 11) is 0. The molecule has 8 heteroatoms. The van der Waals surface area contributed by atoms with E-state index < -0.39 is 0 Å². The molecule has 0 radical (unpaired) electrons. The Morgan fingerprint density at radius 1 is 1.07 bits per heavy atom. The molecule has 2 aromatic heterocycles. The zero-order valence-corrected chi connectivity index (χ0v) is 16.0. The number of halogens is 1. The van der Waals surface area contributed by atoms with E-state index in [0.717, 1.165) is 30.2 Å². The third kappa shape index (κ3) is 4.33. The van der Waals surface area contributed by atoms with E-state index in [1.807, 2.05) is 23.1 Å². The molecule has 28 heavy (non-hydrogen) atoms. The Morgan fingerprint density at radius 2 is 1.86 bits per heavy atom. The Balaban J connectivity index is 1.28. The van der Waals surface area contributed by atoms with Crippen molar-refractivity contribution in [2.75, 3.05) is 36.8 Å². The summed E-state index contributed by atoms with van der Waals surface area (Å²) in [6.45, 7) is 2.94. The van der Waals surface area contributed by atoms with Gasteiger partial charge in [-0.25, -0.2) is 14.4 Å². The summed E-state index contributed by atoms with van der Waals surface area (Å²) >= 11 is 1.38. The summed E-state index contributed by atoms with van der Waals surface area (Å²) in [4.78, 5) is 28.4. The topological polar surface area (TPSA) is 65.1 Å². The Morgan fingerprint density at radius 3 is 2.57 bits per heavy atom. The largest absolute Gasteiger partial charge is 0.353 e. The van der Waals surface area contributed by atoms with Crippen LogP contribution in [0.15, 0.2) is 60.0 Å². The second-order valence-corrected chi connectivity index (χ2v) is 7.42. The highest BCUT2D eigenvalue weighted by Gasteiger charge is 2.22. The van der Waals surface area contributed by atoms with Gasteiger partial charge in [-0.15, -0.1) is 0 Å². The van der Waals surface area contributed by atoms with Crippen molar-refractivity contribution in [2.24, 2.45) is 0 Å². The number of aromatic nitrogens is 3. The number of hydrogen-bond acceptors (Lipinski definition) is 5. The molecule has 0 aliphatic carbocycles. The van der Waals surface area contributed by atoms with Crippen LogP contribution in [-0.4, -0.2) is 57.7 Å². The number of carbonyl (C=O) groups is 1. The van der Waals surface area contributed by atoms with Gasteiger partial charge < -0.3 is 14.8 Å². The molecule has 3 heterocycles. The number of anilines is 1. The summed E-state index contributed by atoms with van der Waals surface area (Å²) in [5.74, 6) is 1.12. The molecule has 6 nitrogen and oxygen atoms in total. The monoisotopic (exact) mass is 397 g/mol. The molecular formula is C20H20FN5OS. The van der Waals surface area contributed by atoms with Crippen molar-refractivity contribution >= 4 is 23.5 Å². The molecular weight excluding hydrogens is 377 g/mol. The van der Waals surface area contributed by atoms with E-state index in [0.29, 0.717) is 24.0 Å². The maximum absolute atomic E-state index is 13.0. The summed E-state index contributed by atoms with van der Waals surface area (Å²) < 4.78 is 13.0. The van der Waals surface area contributed by atoms with Crippen molar-refractivity contribution in [2.45, 2.75) is 5.16 Å². The average Bonchev–Trinajstić information content (AvgIpc) is 3.22. The predicted octanol–water partition coefficient (Wildman–Crippen LogP) is 3.05. The summed E-state index contributed by atoms with van der Waals surface area (Å²) in [5.41, 5.74) is 1.66.